The largest absolute Gasteiger partial charge is 0.416 e. The SMILES string of the molecule is O=C(CCc1nc(-c2cccc(C(F)(F)F)c2)no1)NCCCCNc1n[nH]c(=O)c2ccccc12. The van der Waals surface area contributed by atoms with Crippen molar-refractivity contribution in [3.63, 3.8) is 0 Å². The van der Waals surface area contributed by atoms with E-state index < -0.39 is 11.7 Å². The molecule has 9 nitrogen and oxygen atoms in total. The molecule has 0 spiro atoms. The summed E-state index contributed by atoms with van der Waals surface area (Å²) in [5.74, 6) is 0.601. The standard InChI is InChI=1S/C24H23F3N6O3/c25-24(26,27)16-7-5-6-15(14-16)21-30-20(36-33-21)11-10-19(34)28-12-3-4-13-29-22-17-8-1-2-9-18(17)23(35)32-31-22/h1-2,5-9,14H,3-4,10-13H2,(H,28,34)(H,29,31)(H,32,35). The van der Waals surface area contributed by atoms with E-state index in [9.17, 15) is 22.8 Å². The molecule has 2 heterocycles. The van der Waals surface area contributed by atoms with Crippen molar-refractivity contribution in [1.29, 1.82) is 0 Å². The van der Waals surface area contributed by atoms with Gasteiger partial charge in [-0.2, -0.15) is 23.3 Å². The monoisotopic (exact) mass is 500 g/mol. The Morgan fingerprint density at radius 2 is 1.81 bits per heavy atom. The topological polar surface area (TPSA) is 126 Å². The fraction of sp³-hybridized carbons (Fsp3) is 0.292. The fourth-order valence-corrected chi connectivity index (χ4v) is 3.55. The average molecular weight is 500 g/mol. The Morgan fingerprint density at radius 3 is 2.61 bits per heavy atom. The van der Waals surface area contributed by atoms with Crippen molar-refractivity contribution >= 4 is 22.5 Å². The molecule has 188 valence electrons. The molecule has 0 saturated heterocycles. The molecule has 0 aliphatic carbocycles. The maximum absolute atomic E-state index is 12.9. The lowest BCUT2D eigenvalue weighted by atomic mass is 10.1. The summed E-state index contributed by atoms with van der Waals surface area (Å²) in [5, 5.41) is 17.5. The normalized spacial score (nSPS) is 11.5. The zero-order valence-electron chi connectivity index (χ0n) is 19.1. The fourth-order valence-electron chi connectivity index (χ4n) is 3.55. The highest BCUT2D eigenvalue weighted by atomic mass is 19.4. The van der Waals surface area contributed by atoms with Crippen LogP contribution in [0.2, 0.25) is 0 Å². The van der Waals surface area contributed by atoms with Crippen LogP contribution in [0.25, 0.3) is 22.2 Å². The third-order valence-corrected chi connectivity index (χ3v) is 5.40. The van der Waals surface area contributed by atoms with Gasteiger partial charge in [0.05, 0.1) is 10.9 Å². The number of H-pyrrole nitrogens is 1. The minimum atomic E-state index is -4.47. The van der Waals surface area contributed by atoms with Crippen molar-refractivity contribution < 1.29 is 22.5 Å². The number of aryl methyl sites for hydroxylation is 1. The Labute approximate surface area is 203 Å². The molecule has 2 aromatic carbocycles. The number of nitrogens with one attached hydrogen (secondary N) is 3. The Morgan fingerprint density at radius 1 is 1.03 bits per heavy atom. The maximum Gasteiger partial charge on any atom is 0.416 e. The number of unbranched alkanes of at least 4 members (excludes halogenated alkanes) is 1. The van der Waals surface area contributed by atoms with Crippen molar-refractivity contribution in [2.75, 3.05) is 18.4 Å². The second kappa shape index (κ2) is 11.0. The lowest BCUT2D eigenvalue weighted by molar-refractivity contribution is -0.137. The highest BCUT2D eigenvalue weighted by Crippen LogP contribution is 2.31. The number of anilines is 1. The van der Waals surface area contributed by atoms with Crippen molar-refractivity contribution in [1.82, 2.24) is 25.7 Å². The van der Waals surface area contributed by atoms with E-state index in [0.29, 0.717) is 24.3 Å². The van der Waals surface area contributed by atoms with Gasteiger partial charge in [0, 0.05) is 36.9 Å². The molecule has 0 bridgehead atoms. The number of amides is 1. The van der Waals surface area contributed by atoms with E-state index in [2.05, 4.69) is 31.0 Å². The third kappa shape index (κ3) is 6.26. The Bertz CT molecular complexity index is 1400. The molecule has 3 N–H and O–H groups in total. The molecule has 0 aliphatic heterocycles. The van der Waals surface area contributed by atoms with E-state index in [1.165, 1.54) is 12.1 Å². The molecule has 0 radical (unpaired) electrons. The average Bonchev–Trinajstić information content (AvgIpc) is 3.35. The molecule has 0 aliphatic rings. The Hall–Kier alpha value is -4.22. The molecule has 0 atom stereocenters. The number of nitrogens with zero attached hydrogens (tertiary/aromatic N) is 3. The molecule has 4 aromatic rings. The second-order valence-corrected chi connectivity index (χ2v) is 8.02. The number of benzene rings is 2. The molecule has 0 unspecified atom stereocenters. The van der Waals surface area contributed by atoms with Crippen LogP contribution < -0.4 is 16.2 Å². The number of carbonyl (C=O) groups is 1. The van der Waals surface area contributed by atoms with Gasteiger partial charge in [0.1, 0.15) is 0 Å². The predicted octanol–water partition coefficient (Wildman–Crippen LogP) is 3.93. The van der Waals surface area contributed by atoms with Gasteiger partial charge in [-0.15, -0.1) is 0 Å². The minimum absolute atomic E-state index is 0.0359. The summed E-state index contributed by atoms with van der Waals surface area (Å²) < 4.78 is 43.7. The van der Waals surface area contributed by atoms with Crippen molar-refractivity contribution in [2.45, 2.75) is 31.9 Å². The van der Waals surface area contributed by atoms with Crippen LogP contribution in [0.3, 0.4) is 0 Å². The first kappa shape index (κ1) is 24.9. The molecule has 0 fully saturated rings. The van der Waals surface area contributed by atoms with Gasteiger partial charge in [0.25, 0.3) is 5.56 Å². The van der Waals surface area contributed by atoms with Gasteiger partial charge < -0.3 is 15.2 Å². The summed E-state index contributed by atoms with van der Waals surface area (Å²) in [6, 6.07) is 11.8. The quantitative estimate of drug-likeness (QED) is 0.282. The first-order chi connectivity index (χ1) is 17.3. The number of carbonyl (C=O) groups excluding carboxylic acids is 1. The van der Waals surface area contributed by atoms with Crippen LogP contribution in [0, 0.1) is 0 Å². The second-order valence-electron chi connectivity index (χ2n) is 8.02. The highest BCUT2D eigenvalue weighted by Gasteiger charge is 2.30. The van der Waals surface area contributed by atoms with Crippen LogP contribution in [0.4, 0.5) is 19.0 Å². The van der Waals surface area contributed by atoms with Gasteiger partial charge in [-0.05, 0) is 31.0 Å². The van der Waals surface area contributed by atoms with Gasteiger partial charge in [0.15, 0.2) is 5.82 Å². The van der Waals surface area contributed by atoms with E-state index in [0.717, 1.165) is 30.4 Å². The zero-order chi connectivity index (χ0) is 25.5. The van der Waals surface area contributed by atoms with Crippen LogP contribution in [0.15, 0.2) is 57.8 Å². The highest BCUT2D eigenvalue weighted by molar-refractivity contribution is 5.90. The summed E-state index contributed by atoms with van der Waals surface area (Å²) in [7, 11) is 0. The van der Waals surface area contributed by atoms with E-state index in [1.807, 2.05) is 12.1 Å². The molecule has 2 aromatic heterocycles. The van der Waals surface area contributed by atoms with Crippen molar-refractivity contribution in [2.24, 2.45) is 0 Å². The summed E-state index contributed by atoms with van der Waals surface area (Å²) in [6.07, 6.45) is -2.70. The molecular formula is C24H23F3N6O3. The molecule has 36 heavy (non-hydrogen) atoms. The van der Waals surface area contributed by atoms with E-state index in [4.69, 9.17) is 4.52 Å². The van der Waals surface area contributed by atoms with E-state index >= 15 is 0 Å². The molecule has 12 heteroatoms. The molecule has 1 amide bonds. The number of aromatic amines is 1. The first-order valence-corrected chi connectivity index (χ1v) is 11.3. The number of hydrogen-bond donors (Lipinski definition) is 3. The van der Waals surface area contributed by atoms with E-state index in [1.54, 1.807) is 12.1 Å². The lowest BCUT2D eigenvalue weighted by Gasteiger charge is -2.08. The number of alkyl halides is 3. The summed E-state index contributed by atoms with van der Waals surface area (Å²) >= 11 is 0. The van der Waals surface area contributed by atoms with Gasteiger partial charge in [-0.1, -0.05) is 35.5 Å². The van der Waals surface area contributed by atoms with Crippen LogP contribution in [0.1, 0.15) is 30.7 Å². The number of rotatable bonds is 10. The lowest BCUT2D eigenvalue weighted by Crippen LogP contribution is -2.25. The summed E-state index contributed by atoms with van der Waals surface area (Å²) in [6.45, 7) is 1.08. The number of fused-ring (bicyclic) bond motifs is 1. The van der Waals surface area contributed by atoms with Gasteiger partial charge in [-0.25, -0.2) is 5.10 Å². The van der Waals surface area contributed by atoms with Crippen LogP contribution >= 0.6 is 0 Å². The van der Waals surface area contributed by atoms with Crippen LogP contribution in [0.5, 0.6) is 0 Å². The van der Waals surface area contributed by atoms with Gasteiger partial charge in [0.2, 0.25) is 17.6 Å². The summed E-state index contributed by atoms with van der Waals surface area (Å²) in [5.41, 5.74) is -0.863. The molecular weight excluding hydrogens is 477 g/mol. The smallest absolute Gasteiger partial charge is 0.368 e. The first-order valence-electron chi connectivity index (χ1n) is 11.3. The Kier molecular flexibility index (Phi) is 7.62. The van der Waals surface area contributed by atoms with Gasteiger partial charge >= 0.3 is 6.18 Å². The molecule has 0 saturated carbocycles. The van der Waals surface area contributed by atoms with Crippen LogP contribution in [-0.2, 0) is 17.4 Å². The number of aromatic nitrogens is 4. The van der Waals surface area contributed by atoms with Gasteiger partial charge in [-0.3, -0.25) is 9.59 Å². The van der Waals surface area contributed by atoms with Crippen LogP contribution in [-0.4, -0.2) is 39.3 Å². The summed E-state index contributed by atoms with van der Waals surface area (Å²) in [4.78, 5) is 28.0. The molecule has 4 rings (SSSR count). The number of halogens is 3. The van der Waals surface area contributed by atoms with Crippen molar-refractivity contribution in [3.8, 4) is 11.4 Å². The van der Waals surface area contributed by atoms with Crippen molar-refractivity contribution in [3.05, 3.63) is 70.3 Å². The number of hydrogen-bond acceptors (Lipinski definition) is 7. The Balaban J connectivity index is 1.17. The zero-order valence-corrected chi connectivity index (χ0v) is 19.1. The predicted molar refractivity (Wildman–Crippen MR) is 126 cm³/mol. The maximum atomic E-state index is 12.9. The van der Waals surface area contributed by atoms with E-state index in [-0.39, 0.29) is 41.6 Å². The third-order valence-electron chi connectivity index (χ3n) is 5.40. The minimum Gasteiger partial charge on any atom is -0.368 e.